The molecule has 4 heteroatoms. The Hall–Kier alpha value is -1.81. The first-order chi connectivity index (χ1) is 9.69. The van der Waals surface area contributed by atoms with Crippen LogP contribution in [-0.4, -0.2) is 21.8 Å². The second-order valence-corrected chi connectivity index (χ2v) is 5.39. The van der Waals surface area contributed by atoms with E-state index in [1.165, 1.54) is 11.4 Å². The monoisotopic (exact) mass is 272 g/mol. The third-order valence-electron chi connectivity index (χ3n) is 4.05. The molecule has 20 heavy (non-hydrogen) atoms. The molecular weight excluding hydrogens is 252 g/mol. The lowest BCUT2D eigenvalue weighted by Crippen LogP contribution is -2.13. The molecule has 0 saturated carbocycles. The number of nitrogens with zero attached hydrogens (tertiary/aromatic N) is 2. The third kappa shape index (κ3) is 2.31. The van der Waals surface area contributed by atoms with Crippen LogP contribution in [0.3, 0.4) is 0 Å². The van der Waals surface area contributed by atoms with E-state index in [1.807, 2.05) is 18.3 Å². The molecular formula is C16H20N2O2. The number of pyridine rings is 1. The van der Waals surface area contributed by atoms with Crippen LogP contribution in [0.4, 0.5) is 0 Å². The van der Waals surface area contributed by atoms with Gasteiger partial charge < -0.3 is 14.4 Å². The van der Waals surface area contributed by atoms with Crippen molar-refractivity contribution in [3.63, 3.8) is 0 Å². The Balaban J connectivity index is 1.90. The number of hydrogen-bond donors (Lipinski definition) is 1. The second kappa shape index (κ2) is 5.29. The van der Waals surface area contributed by atoms with Crippen molar-refractivity contribution >= 4 is 0 Å². The number of fused-ring (bicyclic) bond motifs is 1. The van der Waals surface area contributed by atoms with Crippen LogP contribution in [0, 0.1) is 6.92 Å². The van der Waals surface area contributed by atoms with Gasteiger partial charge in [-0.2, -0.15) is 0 Å². The van der Waals surface area contributed by atoms with Gasteiger partial charge in [-0.3, -0.25) is 0 Å². The van der Waals surface area contributed by atoms with Crippen molar-refractivity contribution in [1.29, 1.82) is 0 Å². The SMILES string of the molecule is COc1ccc(Cn2c(C)cc3c2CCCC3O)cn1. The van der Waals surface area contributed by atoms with Crippen LogP contribution >= 0.6 is 0 Å². The van der Waals surface area contributed by atoms with E-state index in [1.54, 1.807) is 7.11 Å². The molecule has 0 saturated heterocycles. The van der Waals surface area contributed by atoms with Crippen LogP contribution in [-0.2, 0) is 13.0 Å². The first-order valence-electron chi connectivity index (χ1n) is 7.05. The Bertz CT molecular complexity index is 602. The van der Waals surface area contributed by atoms with Crippen LogP contribution in [0.15, 0.2) is 24.4 Å². The van der Waals surface area contributed by atoms with E-state index < -0.39 is 0 Å². The Morgan fingerprint density at radius 3 is 3.00 bits per heavy atom. The highest BCUT2D eigenvalue weighted by atomic mass is 16.5. The van der Waals surface area contributed by atoms with Crippen LogP contribution in [0.2, 0.25) is 0 Å². The highest BCUT2D eigenvalue weighted by Crippen LogP contribution is 2.32. The van der Waals surface area contributed by atoms with Gasteiger partial charge in [-0.05, 0) is 37.8 Å². The van der Waals surface area contributed by atoms with E-state index in [9.17, 15) is 5.11 Å². The van der Waals surface area contributed by atoms with E-state index in [2.05, 4.69) is 22.5 Å². The van der Waals surface area contributed by atoms with E-state index >= 15 is 0 Å². The van der Waals surface area contributed by atoms with Crippen molar-refractivity contribution in [3.05, 3.63) is 46.9 Å². The quantitative estimate of drug-likeness (QED) is 0.934. The number of rotatable bonds is 3. The number of aryl methyl sites for hydroxylation is 1. The summed E-state index contributed by atoms with van der Waals surface area (Å²) in [5, 5.41) is 10.1. The Kier molecular flexibility index (Phi) is 3.49. The summed E-state index contributed by atoms with van der Waals surface area (Å²) < 4.78 is 7.37. The molecule has 106 valence electrons. The molecule has 0 spiro atoms. The summed E-state index contributed by atoms with van der Waals surface area (Å²) in [6.45, 7) is 2.90. The molecule has 4 nitrogen and oxygen atoms in total. The minimum absolute atomic E-state index is 0.298. The van der Waals surface area contributed by atoms with Gasteiger partial charge in [-0.25, -0.2) is 4.98 Å². The van der Waals surface area contributed by atoms with E-state index in [0.29, 0.717) is 5.88 Å². The molecule has 0 radical (unpaired) electrons. The fraction of sp³-hybridized carbons (Fsp3) is 0.438. The topological polar surface area (TPSA) is 47.3 Å². The van der Waals surface area contributed by atoms with Gasteiger partial charge in [0.1, 0.15) is 0 Å². The molecule has 2 aromatic rings. The Morgan fingerprint density at radius 2 is 2.30 bits per heavy atom. The van der Waals surface area contributed by atoms with Crippen molar-refractivity contribution in [2.75, 3.05) is 7.11 Å². The number of hydrogen-bond acceptors (Lipinski definition) is 3. The van der Waals surface area contributed by atoms with Crippen molar-refractivity contribution in [2.45, 2.75) is 38.8 Å². The van der Waals surface area contributed by atoms with Gasteiger partial charge >= 0.3 is 0 Å². The van der Waals surface area contributed by atoms with Crippen molar-refractivity contribution in [1.82, 2.24) is 9.55 Å². The van der Waals surface area contributed by atoms with Gasteiger partial charge in [0.2, 0.25) is 5.88 Å². The van der Waals surface area contributed by atoms with Crippen LogP contribution in [0.1, 0.15) is 41.5 Å². The van der Waals surface area contributed by atoms with Gasteiger partial charge in [0.05, 0.1) is 13.2 Å². The highest BCUT2D eigenvalue weighted by molar-refractivity contribution is 5.33. The van der Waals surface area contributed by atoms with Crippen LogP contribution in [0.5, 0.6) is 5.88 Å². The van der Waals surface area contributed by atoms with Gasteiger partial charge in [0.15, 0.2) is 0 Å². The average molecular weight is 272 g/mol. The number of ether oxygens (including phenoxy) is 1. The summed E-state index contributed by atoms with van der Waals surface area (Å²) in [7, 11) is 1.62. The summed E-state index contributed by atoms with van der Waals surface area (Å²) >= 11 is 0. The third-order valence-corrected chi connectivity index (χ3v) is 4.05. The molecule has 1 unspecified atom stereocenters. The maximum atomic E-state index is 10.1. The number of methoxy groups -OCH3 is 1. The maximum absolute atomic E-state index is 10.1. The van der Waals surface area contributed by atoms with Crippen molar-refractivity contribution in [2.24, 2.45) is 0 Å². The minimum Gasteiger partial charge on any atom is -0.481 e. The van der Waals surface area contributed by atoms with Gasteiger partial charge in [0.25, 0.3) is 0 Å². The highest BCUT2D eigenvalue weighted by Gasteiger charge is 2.22. The lowest BCUT2D eigenvalue weighted by atomic mass is 9.95. The Morgan fingerprint density at radius 1 is 1.45 bits per heavy atom. The van der Waals surface area contributed by atoms with Crippen LogP contribution < -0.4 is 4.74 Å². The fourth-order valence-corrected chi connectivity index (χ4v) is 2.97. The summed E-state index contributed by atoms with van der Waals surface area (Å²) in [4.78, 5) is 4.25. The normalized spacial score (nSPS) is 17.9. The smallest absolute Gasteiger partial charge is 0.212 e. The van der Waals surface area contributed by atoms with Gasteiger partial charge in [-0.15, -0.1) is 0 Å². The lowest BCUT2D eigenvalue weighted by molar-refractivity contribution is 0.156. The standard InChI is InChI=1S/C16H20N2O2/c1-11-8-13-14(4-3-5-15(13)19)18(11)10-12-6-7-16(20-2)17-9-12/h6-9,15,19H,3-5,10H2,1-2H3. The molecule has 1 aliphatic rings. The van der Waals surface area contributed by atoms with Crippen LogP contribution in [0.25, 0.3) is 0 Å². The number of aromatic nitrogens is 2. The zero-order chi connectivity index (χ0) is 14.1. The largest absolute Gasteiger partial charge is 0.481 e. The first-order valence-corrected chi connectivity index (χ1v) is 7.05. The average Bonchev–Trinajstić information content (AvgIpc) is 2.78. The molecule has 0 fully saturated rings. The molecule has 2 heterocycles. The fourth-order valence-electron chi connectivity index (χ4n) is 2.97. The molecule has 3 rings (SSSR count). The summed E-state index contributed by atoms with van der Waals surface area (Å²) in [6.07, 6.45) is 4.53. The molecule has 0 aromatic carbocycles. The molecule has 1 aliphatic carbocycles. The minimum atomic E-state index is -0.298. The molecule has 1 N–H and O–H groups in total. The molecule has 1 atom stereocenters. The van der Waals surface area contributed by atoms with E-state index in [0.717, 1.165) is 36.9 Å². The summed E-state index contributed by atoms with van der Waals surface area (Å²) in [5.74, 6) is 0.635. The maximum Gasteiger partial charge on any atom is 0.212 e. The molecule has 2 aromatic heterocycles. The zero-order valence-corrected chi connectivity index (χ0v) is 12.0. The number of aliphatic hydroxyl groups is 1. The molecule has 0 aliphatic heterocycles. The first kappa shape index (κ1) is 13.2. The van der Waals surface area contributed by atoms with Gasteiger partial charge in [0, 0.05) is 35.8 Å². The predicted octanol–water partition coefficient (Wildman–Crippen LogP) is 2.62. The lowest BCUT2D eigenvalue weighted by Gasteiger charge is -2.20. The van der Waals surface area contributed by atoms with Gasteiger partial charge in [-0.1, -0.05) is 6.07 Å². The predicted molar refractivity (Wildman–Crippen MR) is 77.0 cm³/mol. The second-order valence-electron chi connectivity index (χ2n) is 5.39. The van der Waals surface area contributed by atoms with Crippen molar-refractivity contribution in [3.8, 4) is 5.88 Å². The van der Waals surface area contributed by atoms with E-state index in [4.69, 9.17) is 4.74 Å². The summed E-state index contributed by atoms with van der Waals surface area (Å²) in [6, 6.07) is 6.04. The number of aliphatic hydroxyl groups excluding tert-OH is 1. The van der Waals surface area contributed by atoms with Crippen molar-refractivity contribution < 1.29 is 9.84 Å². The molecule has 0 bridgehead atoms. The van der Waals surface area contributed by atoms with E-state index in [-0.39, 0.29) is 6.10 Å². The molecule has 0 amide bonds. The zero-order valence-electron chi connectivity index (χ0n) is 12.0. The Labute approximate surface area is 119 Å². The summed E-state index contributed by atoms with van der Waals surface area (Å²) in [5.41, 5.74) is 4.73.